The highest BCUT2D eigenvalue weighted by atomic mass is 15.3. The third-order valence-corrected chi connectivity index (χ3v) is 3.02. The molecular weight excluding hydrogens is 224 g/mol. The number of pyridine rings is 1. The predicted octanol–water partition coefficient (Wildman–Crippen LogP) is 2.58. The van der Waals surface area contributed by atoms with Gasteiger partial charge in [-0.3, -0.25) is 9.67 Å². The van der Waals surface area contributed by atoms with Crippen molar-refractivity contribution < 1.29 is 0 Å². The predicted molar refractivity (Wildman–Crippen MR) is 72.3 cm³/mol. The second-order valence-electron chi connectivity index (χ2n) is 4.18. The molecule has 0 saturated heterocycles. The smallest absolute Gasteiger partial charge is 0.0933 e. The van der Waals surface area contributed by atoms with Gasteiger partial charge in [0.1, 0.15) is 0 Å². The maximum atomic E-state index is 4.42. The van der Waals surface area contributed by atoms with Crippen molar-refractivity contribution in [2.24, 2.45) is 7.05 Å². The first kappa shape index (κ1) is 10.8. The molecule has 0 aliphatic heterocycles. The van der Waals surface area contributed by atoms with Crippen molar-refractivity contribution in [3.05, 3.63) is 54.5 Å². The van der Waals surface area contributed by atoms with Crippen molar-refractivity contribution in [3.8, 4) is 0 Å². The number of fused-ring (bicyclic) bond motifs is 1. The molecule has 0 saturated carbocycles. The zero-order valence-corrected chi connectivity index (χ0v) is 10.2. The average Bonchev–Trinajstić information content (AvgIpc) is 2.82. The van der Waals surface area contributed by atoms with Crippen molar-refractivity contribution >= 4 is 16.6 Å². The lowest BCUT2D eigenvalue weighted by Gasteiger charge is -2.09. The number of nitrogens with zero attached hydrogens (tertiary/aromatic N) is 3. The van der Waals surface area contributed by atoms with Crippen LogP contribution in [0, 0.1) is 0 Å². The molecule has 18 heavy (non-hydrogen) atoms. The van der Waals surface area contributed by atoms with Gasteiger partial charge < -0.3 is 5.32 Å². The zero-order chi connectivity index (χ0) is 12.4. The molecule has 90 valence electrons. The number of benzene rings is 1. The Bertz CT molecular complexity index is 667. The molecule has 2 heterocycles. The third kappa shape index (κ3) is 1.93. The van der Waals surface area contributed by atoms with Crippen LogP contribution < -0.4 is 5.32 Å². The van der Waals surface area contributed by atoms with E-state index < -0.39 is 0 Å². The van der Waals surface area contributed by atoms with Gasteiger partial charge in [-0.1, -0.05) is 18.2 Å². The lowest BCUT2D eigenvalue weighted by atomic mass is 10.2. The molecule has 0 spiro atoms. The van der Waals surface area contributed by atoms with Crippen LogP contribution in [0.1, 0.15) is 5.69 Å². The Morgan fingerprint density at radius 2 is 2.00 bits per heavy atom. The van der Waals surface area contributed by atoms with Crippen LogP contribution in [0.25, 0.3) is 10.9 Å². The van der Waals surface area contributed by atoms with Crippen LogP contribution in [0.2, 0.25) is 0 Å². The lowest BCUT2D eigenvalue weighted by molar-refractivity contribution is 0.720. The summed E-state index contributed by atoms with van der Waals surface area (Å²) in [5, 5.41) is 8.71. The first-order chi connectivity index (χ1) is 8.84. The highest BCUT2D eigenvalue weighted by Crippen LogP contribution is 2.21. The van der Waals surface area contributed by atoms with Gasteiger partial charge in [-0.25, -0.2) is 0 Å². The number of aromatic nitrogens is 3. The summed E-state index contributed by atoms with van der Waals surface area (Å²) in [6, 6.07) is 12.2. The van der Waals surface area contributed by atoms with E-state index in [0.717, 1.165) is 28.8 Å². The van der Waals surface area contributed by atoms with Crippen LogP contribution in [-0.2, 0) is 13.6 Å². The summed E-state index contributed by atoms with van der Waals surface area (Å²) in [6.07, 6.45) is 3.62. The molecule has 1 aromatic carbocycles. The fourth-order valence-electron chi connectivity index (χ4n) is 2.01. The standard InChI is InChI=1S/C14H14N4/c1-18-12(7-9-17-18)10-16-13-6-2-4-11-5-3-8-15-14(11)13/h2-9,16H,10H2,1H3. The molecule has 0 aliphatic rings. The monoisotopic (exact) mass is 238 g/mol. The van der Waals surface area contributed by atoms with Crippen molar-refractivity contribution in [2.45, 2.75) is 6.54 Å². The minimum Gasteiger partial charge on any atom is -0.378 e. The Labute approximate surface area is 105 Å². The molecule has 0 radical (unpaired) electrons. The van der Waals surface area contributed by atoms with Crippen molar-refractivity contribution in [1.29, 1.82) is 0 Å². The first-order valence-electron chi connectivity index (χ1n) is 5.89. The molecule has 4 nitrogen and oxygen atoms in total. The SMILES string of the molecule is Cn1nccc1CNc1cccc2cccnc12. The molecule has 3 aromatic rings. The summed E-state index contributed by atoms with van der Waals surface area (Å²) in [7, 11) is 1.94. The molecule has 2 aromatic heterocycles. The zero-order valence-electron chi connectivity index (χ0n) is 10.2. The molecule has 4 heteroatoms. The number of aryl methyl sites for hydroxylation is 1. The molecule has 1 N–H and O–H groups in total. The van der Waals surface area contributed by atoms with Gasteiger partial charge in [0.05, 0.1) is 23.4 Å². The molecule has 0 aliphatic carbocycles. The van der Waals surface area contributed by atoms with Gasteiger partial charge in [0.2, 0.25) is 0 Å². The summed E-state index contributed by atoms with van der Waals surface area (Å²) < 4.78 is 1.87. The summed E-state index contributed by atoms with van der Waals surface area (Å²) >= 11 is 0. The van der Waals surface area contributed by atoms with Crippen LogP contribution >= 0.6 is 0 Å². The Morgan fingerprint density at radius 3 is 2.83 bits per heavy atom. The van der Waals surface area contributed by atoms with E-state index in [1.54, 1.807) is 6.20 Å². The van der Waals surface area contributed by atoms with Gasteiger partial charge in [-0.2, -0.15) is 5.10 Å². The van der Waals surface area contributed by atoms with Crippen molar-refractivity contribution in [3.63, 3.8) is 0 Å². The molecule has 0 bridgehead atoms. The summed E-state index contributed by atoms with van der Waals surface area (Å²) in [5.74, 6) is 0. The van der Waals surface area contributed by atoms with E-state index in [9.17, 15) is 0 Å². The Kier molecular flexibility index (Phi) is 2.68. The van der Waals surface area contributed by atoms with E-state index in [0.29, 0.717) is 0 Å². The van der Waals surface area contributed by atoms with E-state index in [1.165, 1.54) is 0 Å². The fourth-order valence-corrected chi connectivity index (χ4v) is 2.01. The van der Waals surface area contributed by atoms with Gasteiger partial charge in [0.25, 0.3) is 0 Å². The molecule has 0 fully saturated rings. The maximum absolute atomic E-state index is 4.42. The van der Waals surface area contributed by atoms with E-state index in [-0.39, 0.29) is 0 Å². The summed E-state index contributed by atoms with van der Waals surface area (Å²) in [5.41, 5.74) is 3.19. The summed E-state index contributed by atoms with van der Waals surface area (Å²) in [6.45, 7) is 0.742. The van der Waals surface area contributed by atoms with Crippen molar-refractivity contribution in [1.82, 2.24) is 14.8 Å². The topological polar surface area (TPSA) is 42.7 Å². The van der Waals surface area contributed by atoms with Gasteiger partial charge in [0, 0.05) is 24.8 Å². The Balaban J connectivity index is 1.89. The Hall–Kier alpha value is -2.36. The lowest BCUT2D eigenvalue weighted by Crippen LogP contribution is -2.05. The normalized spacial score (nSPS) is 10.7. The largest absolute Gasteiger partial charge is 0.378 e. The van der Waals surface area contributed by atoms with Crippen LogP contribution in [0.3, 0.4) is 0 Å². The van der Waals surface area contributed by atoms with E-state index in [1.807, 2.05) is 42.2 Å². The van der Waals surface area contributed by atoms with Crippen LogP contribution in [-0.4, -0.2) is 14.8 Å². The van der Waals surface area contributed by atoms with Gasteiger partial charge in [-0.15, -0.1) is 0 Å². The van der Waals surface area contributed by atoms with Gasteiger partial charge in [-0.05, 0) is 18.2 Å². The second kappa shape index (κ2) is 4.49. The molecule has 0 unspecified atom stereocenters. The van der Waals surface area contributed by atoms with Gasteiger partial charge >= 0.3 is 0 Å². The molecular formula is C14H14N4. The maximum Gasteiger partial charge on any atom is 0.0933 e. The average molecular weight is 238 g/mol. The van der Waals surface area contributed by atoms with Crippen LogP contribution in [0.4, 0.5) is 5.69 Å². The third-order valence-electron chi connectivity index (χ3n) is 3.02. The minimum atomic E-state index is 0.742. The number of hydrogen-bond acceptors (Lipinski definition) is 3. The molecule has 3 rings (SSSR count). The molecule has 0 amide bonds. The quantitative estimate of drug-likeness (QED) is 0.762. The number of hydrogen-bond donors (Lipinski definition) is 1. The number of rotatable bonds is 3. The number of nitrogens with one attached hydrogen (secondary N) is 1. The van der Waals surface area contributed by atoms with E-state index in [4.69, 9.17) is 0 Å². The van der Waals surface area contributed by atoms with E-state index in [2.05, 4.69) is 27.5 Å². The fraction of sp³-hybridized carbons (Fsp3) is 0.143. The molecule has 0 atom stereocenters. The van der Waals surface area contributed by atoms with Crippen LogP contribution in [0.15, 0.2) is 48.8 Å². The van der Waals surface area contributed by atoms with E-state index >= 15 is 0 Å². The highest BCUT2D eigenvalue weighted by molar-refractivity contribution is 5.90. The highest BCUT2D eigenvalue weighted by Gasteiger charge is 2.02. The second-order valence-corrected chi connectivity index (χ2v) is 4.18. The minimum absolute atomic E-state index is 0.742. The van der Waals surface area contributed by atoms with Crippen molar-refractivity contribution in [2.75, 3.05) is 5.32 Å². The number of para-hydroxylation sites is 1. The van der Waals surface area contributed by atoms with Gasteiger partial charge in [0.15, 0.2) is 0 Å². The first-order valence-corrected chi connectivity index (χ1v) is 5.89. The number of anilines is 1. The van der Waals surface area contributed by atoms with Crippen LogP contribution in [0.5, 0.6) is 0 Å². The summed E-state index contributed by atoms with van der Waals surface area (Å²) in [4.78, 5) is 4.42. The Morgan fingerprint density at radius 1 is 1.11 bits per heavy atom.